The second-order valence-electron chi connectivity index (χ2n) is 19.2. The maximum Gasteiger partial charge on any atom is 0.326 e. The van der Waals surface area contributed by atoms with Crippen LogP contribution in [0, 0.1) is 23.7 Å². The van der Waals surface area contributed by atoms with Gasteiger partial charge in [0, 0.05) is 13.1 Å². The number of likely N-dealkylation sites (tertiary alicyclic amines) is 2. The molecule has 68 heavy (non-hydrogen) atoms. The zero-order valence-electron chi connectivity index (χ0n) is 40.5. The molecule has 0 aliphatic carbocycles. The molecule has 0 aromatic rings. The Morgan fingerprint density at radius 2 is 0.956 bits per heavy atom. The molecule has 2 aliphatic heterocycles. The molecule has 24 nitrogen and oxygen atoms in total. The van der Waals surface area contributed by atoms with Crippen molar-refractivity contribution in [1.29, 1.82) is 0 Å². The number of carboxylic acids is 2. The van der Waals surface area contributed by atoms with Crippen molar-refractivity contribution in [2.24, 2.45) is 35.1 Å². The minimum absolute atomic E-state index is 0.0302. The summed E-state index contributed by atoms with van der Waals surface area (Å²) in [7, 11) is 0. The number of nitrogens with two attached hydrogens (primary N) is 2. The SMILES string of the molecule is CC(C)C[C@H](NC(=O)[C@H](CC(N)=O)NC(=O)[C@@H](NC(=O)[C@@H]1CCCN1C(=O)[C@@H](NC(=O)[C@@H]1CCCN1C(=O)[C@@H](NC(=O)[C@H](CC(C)C)NC(=O)[C@@H](N)CC(=O)O)C(C)C)C(C)C)[C@@H](C)O)C(=O)O. The number of primary amides is 1. The average molecular weight is 967 g/mol. The molecular formula is C44H74N10O14. The number of aliphatic hydroxyl groups excluding tert-OH is 1. The molecule has 2 fully saturated rings. The van der Waals surface area contributed by atoms with E-state index in [2.05, 4.69) is 31.9 Å². The first-order valence-corrected chi connectivity index (χ1v) is 23.2. The number of rotatable bonds is 26. The van der Waals surface area contributed by atoms with Crippen molar-refractivity contribution in [3.05, 3.63) is 0 Å². The number of hydrogen-bond acceptors (Lipinski definition) is 13. The highest BCUT2D eigenvalue weighted by atomic mass is 16.4. The number of aliphatic carboxylic acids is 2. The molecular weight excluding hydrogens is 893 g/mol. The summed E-state index contributed by atoms with van der Waals surface area (Å²) in [6, 6.07) is -11.9. The third-order valence-corrected chi connectivity index (χ3v) is 11.6. The molecule has 2 rings (SSSR count). The molecule has 2 aliphatic rings. The van der Waals surface area contributed by atoms with Crippen LogP contribution in [-0.2, 0) is 52.7 Å². The topological polar surface area (TPSA) is 379 Å². The third kappa shape index (κ3) is 17.3. The van der Waals surface area contributed by atoms with Gasteiger partial charge in [-0.25, -0.2) is 4.79 Å². The molecule has 0 saturated carbocycles. The van der Waals surface area contributed by atoms with Crippen molar-refractivity contribution in [3.63, 3.8) is 0 Å². The molecule has 0 aromatic carbocycles. The van der Waals surface area contributed by atoms with Crippen LogP contribution in [0.3, 0.4) is 0 Å². The summed E-state index contributed by atoms with van der Waals surface area (Å²) < 4.78 is 0. The number of nitrogens with one attached hydrogen (secondary N) is 6. The number of hydrogen-bond donors (Lipinski definition) is 11. The highest BCUT2D eigenvalue weighted by Crippen LogP contribution is 2.24. The van der Waals surface area contributed by atoms with E-state index in [1.807, 2.05) is 0 Å². The van der Waals surface area contributed by atoms with Crippen molar-refractivity contribution in [2.75, 3.05) is 13.1 Å². The highest BCUT2D eigenvalue weighted by molar-refractivity contribution is 5.99. The number of aliphatic hydroxyl groups is 1. The minimum atomic E-state index is -1.72. The lowest BCUT2D eigenvalue weighted by Gasteiger charge is -2.34. The van der Waals surface area contributed by atoms with Crippen LogP contribution >= 0.6 is 0 Å². The van der Waals surface area contributed by atoms with Gasteiger partial charge in [0.05, 0.1) is 25.0 Å². The summed E-state index contributed by atoms with van der Waals surface area (Å²) in [5.74, 6) is -11.4. The predicted molar refractivity (Wildman–Crippen MR) is 243 cm³/mol. The van der Waals surface area contributed by atoms with Crippen LogP contribution in [0.1, 0.15) is 114 Å². The van der Waals surface area contributed by atoms with Gasteiger partial charge in [0.25, 0.3) is 0 Å². The Morgan fingerprint density at radius 3 is 1.37 bits per heavy atom. The third-order valence-electron chi connectivity index (χ3n) is 11.6. The molecule has 0 bridgehead atoms. The number of carbonyl (C=O) groups is 11. The van der Waals surface area contributed by atoms with E-state index < -0.39 is 150 Å². The van der Waals surface area contributed by atoms with Gasteiger partial charge in [-0.2, -0.15) is 0 Å². The van der Waals surface area contributed by atoms with E-state index in [4.69, 9.17) is 16.6 Å². The van der Waals surface area contributed by atoms with Crippen molar-refractivity contribution in [1.82, 2.24) is 41.7 Å². The maximum absolute atomic E-state index is 14.3. The van der Waals surface area contributed by atoms with Crippen LogP contribution in [0.5, 0.6) is 0 Å². The number of nitrogens with zero attached hydrogens (tertiary/aromatic N) is 2. The number of carbonyl (C=O) groups excluding carboxylic acids is 9. The largest absolute Gasteiger partial charge is 0.481 e. The molecule has 384 valence electrons. The quantitative estimate of drug-likeness (QED) is 0.0424. The smallest absolute Gasteiger partial charge is 0.326 e. The van der Waals surface area contributed by atoms with Crippen molar-refractivity contribution in [2.45, 2.75) is 174 Å². The molecule has 2 saturated heterocycles. The Labute approximate surface area is 396 Å². The van der Waals surface area contributed by atoms with Crippen LogP contribution in [0.15, 0.2) is 0 Å². The fourth-order valence-electron chi connectivity index (χ4n) is 8.05. The van der Waals surface area contributed by atoms with Crippen molar-refractivity contribution >= 4 is 65.1 Å². The Morgan fingerprint density at radius 1 is 0.544 bits per heavy atom. The van der Waals surface area contributed by atoms with Crippen LogP contribution in [0.25, 0.3) is 0 Å². The average Bonchev–Trinajstić information content (AvgIpc) is 3.92. The Bertz CT molecular complexity index is 1860. The van der Waals surface area contributed by atoms with E-state index in [9.17, 15) is 63.0 Å². The van der Waals surface area contributed by atoms with Gasteiger partial charge in [-0.3, -0.25) is 47.9 Å². The molecule has 0 spiro atoms. The zero-order valence-corrected chi connectivity index (χ0v) is 40.5. The Balaban J connectivity index is 2.26. The molecule has 9 amide bonds. The molecule has 2 heterocycles. The van der Waals surface area contributed by atoms with Gasteiger partial charge in [-0.1, -0.05) is 55.4 Å². The molecule has 13 N–H and O–H groups in total. The van der Waals surface area contributed by atoms with Gasteiger partial charge in [0.2, 0.25) is 53.2 Å². The highest BCUT2D eigenvalue weighted by Gasteiger charge is 2.44. The van der Waals surface area contributed by atoms with Gasteiger partial charge < -0.3 is 68.5 Å². The van der Waals surface area contributed by atoms with Crippen LogP contribution < -0.4 is 43.4 Å². The lowest BCUT2D eigenvalue weighted by Crippen LogP contribution is -2.62. The van der Waals surface area contributed by atoms with E-state index in [1.165, 1.54) is 16.7 Å². The summed E-state index contributed by atoms with van der Waals surface area (Å²) in [5, 5.41) is 44.2. The summed E-state index contributed by atoms with van der Waals surface area (Å²) in [4.78, 5) is 147. The van der Waals surface area contributed by atoms with Crippen LogP contribution in [-0.4, -0.2) is 164 Å². The van der Waals surface area contributed by atoms with E-state index in [-0.39, 0.29) is 50.6 Å². The first-order valence-electron chi connectivity index (χ1n) is 23.2. The predicted octanol–water partition coefficient (Wildman–Crippen LogP) is -2.58. The standard InChI is InChI=1S/C44H74N10O14/c1-20(2)16-26(47-36(59)25(45)18-32(57)58)38(61)50-33(22(5)6)42(65)53-14-10-12-29(53)39(62)51-34(23(7)8)43(66)54-15-11-13-30(54)40(63)52-35(24(9)55)41(64)48-27(19-31(46)56)37(60)49-28(44(67)68)17-21(3)4/h20-30,33-35,55H,10-19,45H2,1-9H3,(H2,46,56)(H,47,59)(H,48,64)(H,49,60)(H,50,61)(H,51,62)(H,52,63)(H,57,58)(H,67,68)/t24-,25+,26+,27+,28+,29+,30+,33+,34+,35+/m1/s1. The normalized spacial score (nSPS) is 19.5. The number of amides is 9. The van der Waals surface area contributed by atoms with Gasteiger partial charge in [-0.15, -0.1) is 0 Å². The molecule has 24 heteroatoms. The van der Waals surface area contributed by atoms with E-state index in [0.29, 0.717) is 12.8 Å². The van der Waals surface area contributed by atoms with Gasteiger partial charge in [-0.05, 0) is 69.1 Å². The maximum atomic E-state index is 14.3. The van der Waals surface area contributed by atoms with Crippen molar-refractivity contribution < 1.29 is 68.1 Å². The first kappa shape index (κ1) is 58.2. The zero-order chi connectivity index (χ0) is 51.9. The summed E-state index contributed by atoms with van der Waals surface area (Å²) in [5.41, 5.74) is 11.0. The lowest BCUT2D eigenvalue weighted by molar-refractivity contribution is -0.146. The lowest BCUT2D eigenvalue weighted by atomic mass is 9.98. The molecule has 0 radical (unpaired) electrons. The summed E-state index contributed by atoms with van der Waals surface area (Å²) in [6.45, 7) is 15.2. The van der Waals surface area contributed by atoms with E-state index in [0.717, 1.165) is 0 Å². The first-order chi connectivity index (χ1) is 31.6. The molecule has 10 atom stereocenters. The number of carboxylic acid groups (broad SMARTS) is 2. The Kier molecular flexibility index (Phi) is 22.8. The molecule has 0 aromatic heterocycles. The molecule has 0 unspecified atom stereocenters. The van der Waals surface area contributed by atoms with E-state index in [1.54, 1.807) is 55.4 Å². The Hall–Kier alpha value is -5.91. The monoisotopic (exact) mass is 967 g/mol. The summed E-state index contributed by atoms with van der Waals surface area (Å²) in [6.07, 6.45) is -1.69. The van der Waals surface area contributed by atoms with Gasteiger partial charge >= 0.3 is 11.9 Å². The van der Waals surface area contributed by atoms with Crippen LogP contribution in [0.4, 0.5) is 0 Å². The van der Waals surface area contributed by atoms with Crippen molar-refractivity contribution in [3.8, 4) is 0 Å². The van der Waals surface area contributed by atoms with Gasteiger partial charge in [0.1, 0.15) is 48.3 Å². The minimum Gasteiger partial charge on any atom is -0.481 e. The summed E-state index contributed by atoms with van der Waals surface area (Å²) >= 11 is 0. The second kappa shape index (κ2) is 26.6. The second-order valence-corrected chi connectivity index (χ2v) is 19.2. The van der Waals surface area contributed by atoms with E-state index >= 15 is 0 Å². The van der Waals surface area contributed by atoms with Crippen LogP contribution in [0.2, 0.25) is 0 Å². The fraction of sp³-hybridized carbons (Fsp3) is 0.750. The fourth-order valence-corrected chi connectivity index (χ4v) is 8.05. The van der Waals surface area contributed by atoms with Gasteiger partial charge in [0.15, 0.2) is 0 Å².